The number of aromatic nitrogens is 2. The van der Waals surface area contributed by atoms with E-state index in [0.717, 1.165) is 27.9 Å². The molecule has 7 heteroatoms. The number of benzene rings is 1. The molecule has 0 spiro atoms. The van der Waals surface area contributed by atoms with Crippen LogP contribution in [0.4, 0.5) is 0 Å². The van der Waals surface area contributed by atoms with Crippen LogP contribution in [-0.2, 0) is 11.8 Å². The number of nitrogens with zero attached hydrogens (tertiary/aromatic N) is 2. The molecule has 0 aliphatic heterocycles. The largest absolute Gasteiger partial charge is 0.495 e. The summed E-state index contributed by atoms with van der Waals surface area (Å²) in [6, 6.07) is 8.98. The smallest absolute Gasteiger partial charge is 0.282 e. The van der Waals surface area contributed by atoms with Gasteiger partial charge in [-0.1, -0.05) is 38.4 Å². The summed E-state index contributed by atoms with van der Waals surface area (Å²) in [7, 11) is 1.59. The normalized spacial score (nSPS) is 11.3. The summed E-state index contributed by atoms with van der Waals surface area (Å²) >= 11 is 6.37. The Bertz CT molecular complexity index is 1090. The number of ether oxygens (including phenoxy) is 1. The first kappa shape index (κ1) is 19.7. The monoisotopic (exact) mass is 396 g/mol. The molecule has 0 unspecified atom stereocenters. The maximum absolute atomic E-state index is 11.9. The van der Waals surface area contributed by atoms with Gasteiger partial charge in [0, 0.05) is 40.2 Å². The van der Waals surface area contributed by atoms with Crippen LogP contribution in [0.2, 0.25) is 5.02 Å². The highest BCUT2D eigenvalue weighted by Crippen LogP contribution is 2.37. The molecule has 144 valence electrons. The summed E-state index contributed by atoms with van der Waals surface area (Å²) in [4.78, 5) is 19.8. The molecule has 0 aliphatic rings. The van der Waals surface area contributed by atoms with Crippen LogP contribution in [0, 0.1) is 11.5 Å². The van der Waals surface area contributed by atoms with Crippen molar-refractivity contribution in [3.63, 3.8) is 0 Å². The van der Waals surface area contributed by atoms with Gasteiger partial charge in [0.25, 0.3) is 5.91 Å². The van der Waals surface area contributed by atoms with Gasteiger partial charge in [0.05, 0.1) is 12.1 Å². The maximum atomic E-state index is 11.9. The fraction of sp³-hybridized carbons (Fsp3) is 0.286. The predicted octanol–water partition coefficient (Wildman–Crippen LogP) is 4.32. The third-order valence-corrected chi connectivity index (χ3v) is 4.79. The third kappa shape index (κ3) is 3.80. The first-order valence-electron chi connectivity index (χ1n) is 8.78. The average Bonchev–Trinajstić information content (AvgIpc) is 2.99. The highest BCUT2D eigenvalue weighted by molar-refractivity contribution is 6.32. The van der Waals surface area contributed by atoms with Crippen molar-refractivity contribution in [2.75, 3.05) is 7.11 Å². The standard InChI is InChI=1S/C21H21ClN4O2/c1-21(2,3)19-14(13-9-15(22)18(28-4)10-17(13)26-19)8-12-6-5-7-16(25-12)20(27)24-11-23/h5-7,9-10,26H,8H2,1-4H3,(H,24,27). The van der Waals surface area contributed by atoms with Gasteiger partial charge in [-0.2, -0.15) is 5.26 Å². The number of nitriles is 1. The van der Waals surface area contributed by atoms with Crippen LogP contribution in [0.5, 0.6) is 5.75 Å². The fourth-order valence-corrected chi connectivity index (χ4v) is 3.47. The molecule has 3 aromatic rings. The number of fused-ring (bicyclic) bond motifs is 1. The average molecular weight is 397 g/mol. The Morgan fingerprint density at radius 1 is 1.36 bits per heavy atom. The van der Waals surface area contributed by atoms with Gasteiger partial charge in [-0.25, -0.2) is 4.98 Å². The van der Waals surface area contributed by atoms with Crippen LogP contribution >= 0.6 is 11.6 Å². The molecule has 1 amide bonds. The molecule has 28 heavy (non-hydrogen) atoms. The SMILES string of the molecule is COc1cc2[nH]c(C(C)(C)C)c(Cc3cccc(C(=O)NC#N)n3)c2cc1Cl. The number of nitrogens with one attached hydrogen (secondary N) is 2. The number of pyridine rings is 1. The lowest BCUT2D eigenvalue weighted by Gasteiger charge is -2.19. The number of carbonyl (C=O) groups is 1. The first-order valence-corrected chi connectivity index (χ1v) is 9.16. The minimum Gasteiger partial charge on any atom is -0.495 e. The zero-order valence-corrected chi connectivity index (χ0v) is 16.9. The Kier molecular flexibility index (Phi) is 5.30. The Hall–Kier alpha value is -3.04. The van der Waals surface area contributed by atoms with Crippen molar-refractivity contribution in [3.8, 4) is 11.9 Å². The van der Waals surface area contributed by atoms with E-state index in [2.05, 4.69) is 36.1 Å². The molecule has 2 aromatic heterocycles. The molecule has 0 bridgehead atoms. The maximum Gasteiger partial charge on any atom is 0.282 e. The minimum absolute atomic E-state index is 0.135. The topological polar surface area (TPSA) is 90.8 Å². The van der Waals surface area contributed by atoms with E-state index in [-0.39, 0.29) is 11.1 Å². The van der Waals surface area contributed by atoms with Gasteiger partial charge in [-0.15, -0.1) is 0 Å². The number of H-pyrrole nitrogens is 1. The molecule has 0 atom stereocenters. The van der Waals surface area contributed by atoms with Crippen LogP contribution in [0.25, 0.3) is 10.9 Å². The third-order valence-electron chi connectivity index (χ3n) is 4.50. The predicted molar refractivity (Wildman–Crippen MR) is 109 cm³/mol. The number of amides is 1. The molecular weight excluding hydrogens is 376 g/mol. The van der Waals surface area contributed by atoms with Crippen molar-refractivity contribution in [1.82, 2.24) is 15.3 Å². The lowest BCUT2D eigenvalue weighted by atomic mass is 9.87. The van der Waals surface area contributed by atoms with Gasteiger partial charge in [0.15, 0.2) is 6.19 Å². The molecule has 0 aliphatic carbocycles. The first-order chi connectivity index (χ1) is 13.2. The van der Waals surface area contributed by atoms with E-state index in [1.165, 1.54) is 0 Å². The zero-order valence-electron chi connectivity index (χ0n) is 16.2. The Morgan fingerprint density at radius 3 is 2.75 bits per heavy atom. The highest BCUT2D eigenvalue weighted by Gasteiger charge is 2.24. The molecule has 3 rings (SSSR count). The Labute approximate surface area is 168 Å². The van der Waals surface area contributed by atoms with Crippen LogP contribution in [0.3, 0.4) is 0 Å². The van der Waals surface area contributed by atoms with Gasteiger partial charge in [0.1, 0.15) is 11.4 Å². The van der Waals surface area contributed by atoms with Crippen molar-refractivity contribution in [1.29, 1.82) is 5.26 Å². The molecular formula is C21H21ClN4O2. The number of methoxy groups -OCH3 is 1. The van der Waals surface area contributed by atoms with Gasteiger partial charge in [-0.05, 0) is 23.8 Å². The van der Waals surface area contributed by atoms with Gasteiger partial charge < -0.3 is 9.72 Å². The lowest BCUT2D eigenvalue weighted by Crippen LogP contribution is -2.19. The molecule has 0 fully saturated rings. The second kappa shape index (κ2) is 7.53. The van der Waals surface area contributed by atoms with E-state index >= 15 is 0 Å². The van der Waals surface area contributed by atoms with Gasteiger partial charge in [0.2, 0.25) is 0 Å². The minimum atomic E-state index is -0.521. The Balaban J connectivity index is 2.12. The number of aromatic amines is 1. The van der Waals surface area contributed by atoms with Crippen LogP contribution in [0.1, 0.15) is 48.2 Å². The second-order valence-corrected chi connectivity index (χ2v) is 7.92. The van der Waals surface area contributed by atoms with E-state index in [9.17, 15) is 4.79 Å². The number of hydrogen-bond acceptors (Lipinski definition) is 4. The van der Waals surface area contributed by atoms with Gasteiger partial charge in [-0.3, -0.25) is 10.1 Å². The van der Waals surface area contributed by atoms with Crippen molar-refractivity contribution in [2.45, 2.75) is 32.6 Å². The van der Waals surface area contributed by atoms with E-state index in [1.807, 2.05) is 18.2 Å². The lowest BCUT2D eigenvalue weighted by molar-refractivity contribution is 0.0967. The quantitative estimate of drug-likeness (QED) is 0.507. The van der Waals surface area contributed by atoms with E-state index in [0.29, 0.717) is 17.2 Å². The van der Waals surface area contributed by atoms with Crippen LogP contribution in [0.15, 0.2) is 30.3 Å². The van der Waals surface area contributed by atoms with Crippen LogP contribution < -0.4 is 10.1 Å². The summed E-state index contributed by atoms with van der Waals surface area (Å²) in [5, 5.41) is 12.3. The fourth-order valence-electron chi connectivity index (χ4n) is 3.23. The van der Waals surface area contributed by atoms with Gasteiger partial charge >= 0.3 is 0 Å². The van der Waals surface area contributed by atoms with E-state index in [4.69, 9.17) is 21.6 Å². The summed E-state index contributed by atoms with van der Waals surface area (Å²) in [6.45, 7) is 6.39. The summed E-state index contributed by atoms with van der Waals surface area (Å²) < 4.78 is 5.34. The Morgan fingerprint density at radius 2 is 2.11 bits per heavy atom. The molecule has 6 nitrogen and oxygen atoms in total. The highest BCUT2D eigenvalue weighted by atomic mass is 35.5. The van der Waals surface area contributed by atoms with Crippen molar-refractivity contribution in [3.05, 3.63) is 58.0 Å². The number of halogens is 1. The van der Waals surface area contributed by atoms with Crippen molar-refractivity contribution in [2.24, 2.45) is 0 Å². The second-order valence-electron chi connectivity index (χ2n) is 7.52. The molecule has 0 radical (unpaired) electrons. The van der Waals surface area contributed by atoms with E-state index in [1.54, 1.807) is 25.4 Å². The molecule has 0 saturated carbocycles. The number of hydrogen-bond donors (Lipinski definition) is 2. The summed E-state index contributed by atoms with van der Waals surface area (Å²) in [5.74, 6) is 0.0859. The number of carbonyl (C=O) groups excluding carboxylic acids is 1. The van der Waals surface area contributed by atoms with Crippen molar-refractivity contribution < 1.29 is 9.53 Å². The van der Waals surface area contributed by atoms with Crippen LogP contribution in [-0.4, -0.2) is 23.0 Å². The van der Waals surface area contributed by atoms with Crippen molar-refractivity contribution >= 4 is 28.4 Å². The molecule has 1 aromatic carbocycles. The zero-order chi connectivity index (χ0) is 20.5. The molecule has 0 saturated heterocycles. The number of rotatable bonds is 4. The molecule has 2 N–H and O–H groups in total. The summed E-state index contributed by atoms with van der Waals surface area (Å²) in [5.41, 5.74) is 3.86. The molecule has 2 heterocycles. The summed E-state index contributed by atoms with van der Waals surface area (Å²) in [6.07, 6.45) is 2.15. The van der Waals surface area contributed by atoms with E-state index < -0.39 is 5.91 Å².